The third-order valence-corrected chi connectivity index (χ3v) is 1.91. The Kier molecular flexibility index (Phi) is 5.69. The Morgan fingerprint density at radius 1 is 0.900 bits per heavy atom. The van der Waals surface area contributed by atoms with Crippen LogP contribution in [0.15, 0.2) is 0 Å². The molecule has 4 N–H and O–H groups in total. The van der Waals surface area contributed by atoms with Crippen molar-refractivity contribution in [3.63, 3.8) is 0 Å². The van der Waals surface area contributed by atoms with Gasteiger partial charge in [0.25, 0.3) is 0 Å². The van der Waals surface area contributed by atoms with E-state index in [2.05, 4.69) is 4.31 Å². The molecule has 0 aromatic heterocycles. The second kappa shape index (κ2) is 4.18. The van der Waals surface area contributed by atoms with E-state index < -0.39 is 15.6 Å². The van der Waals surface area contributed by atoms with Crippen LogP contribution in [-0.2, 0) is 13.4 Å². The van der Waals surface area contributed by atoms with Gasteiger partial charge in [-0.3, -0.25) is 0 Å². The summed E-state index contributed by atoms with van der Waals surface area (Å²) < 4.78 is 22.2. The van der Waals surface area contributed by atoms with Crippen LogP contribution in [-0.4, -0.2) is 43.5 Å². The predicted molar refractivity (Wildman–Crippen MR) is 36.5 cm³/mol. The Hall–Kier alpha value is 1.06. The second-order valence-electron chi connectivity index (χ2n) is 1.06. The molecule has 64 valence electrons. The molecule has 0 rings (SSSR count). The zero-order valence-corrected chi connectivity index (χ0v) is 5.70. The molecular formula is H8O7P2Sn. The SMILES string of the molecule is O=P(O)(O)OP(=O)(O)O.[SnH4]. The average Bonchev–Trinajstić information content (AvgIpc) is 1.14. The van der Waals surface area contributed by atoms with Gasteiger partial charge in [0.2, 0.25) is 0 Å². The third kappa shape index (κ3) is 11.8. The molecule has 10 heteroatoms. The third-order valence-electron chi connectivity index (χ3n) is 0.213. The summed E-state index contributed by atoms with van der Waals surface area (Å²) in [6.45, 7) is 0. The van der Waals surface area contributed by atoms with E-state index in [0.29, 0.717) is 0 Å². The Morgan fingerprint density at radius 2 is 1.10 bits per heavy atom. The van der Waals surface area contributed by atoms with Gasteiger partial charge >= 0.3 is 39.6 Å². The van der Waals surface area contributed by atoms with Crippen molar-refractivity contribution in [1.29, 1.82) is 0 Å². The first-order valence-corrected chi connectivity index (χ1v) is 4.59. The Morgan fingerprint density at radius 3 is 1.10 bits per heavy atom. The molecule has 0 aliphatic rings. The van der Waals surface area contributed by atoms with E-state index in [1.807, 2.05) is 0 Å². The molecule has 7 nitrogen and oxygen atoms in total. The number of hydrogen-bond acceptors (Lipinski definition) is 3. The Labute approximate surface area is 72.8 Å². The molecule has 0 saturated heterocycles. The number of rotatable bonds is 2. The van der Waals surface area contributed by atoms with Gasteiger partial charge in [-0.15, -0.1) is 0 Å². The molecule has 0 aromatic rings. The summed E-state index contributed by atoms with van der Waals surface area (Å²) in [7, 11) is -10.1. The van der Waals surface area contributed by atoms with Crippen LogP contribution >= 0.6 is 15.6 Å². The van der Waals surface area contributed by atoms with Gasteiger partial charge < -0.3 is 19.6 Å². The second-order valence-corrected chi connectivity index (χ2v) is 3.68. The van der Waals surface area contributed by atoms with Crippen molar-refractivity contribution in [2.24, 2.45) is 0 Å². The van der Waals surface area contributed by atoms with Crippen LogP contribution in [0.1, 0.15) is 0 Å². The van der Waals surface area contributed by atoms with Gasteiger partial charge in [-0.2, -0.15) is 4.31 Å². The van der Waals surface area contributed by atoms with Crippen LogP contribution in [0.5, 0.6) is 0 Å². The van der Waals surface area contributed by atoms with E-state index in [9.17, 15) is 9.13 Å². The van der Waals surface area contributed by atoms with Gasteiger partial charge in [0.15, 0.2) is 0 Å². The van der Waals surface area contributed by atoms with Gasteiger partial charge in [0.05, 0.1) is 0 Å². The fraction of sp³-hybridized carbons (Fsp3) is 0. The molecule has 0 amide bonds. The van der Waals surface area contributed by atoms with E-state index in [1.54, 1.807) is 0 Å². The minimum atomic E-state index is -5.05. The molecular weight excluding hydrogens is 293 g/mol. The minimum absolute atomic E-state index is 0. The van der Waals surface area contributed by atoms with E-state index in [0.717, 1.165) is 0 Å². The fourth-order valence-corrected chi connectivity index (χ4v) is 1.25. The Bertz CT molecular complexity index is 152. The van der Waals surface area contributed by atoms with Gasteiger partial charge in [-0.1, -0.05) is 0 Å². The number of phosphoric acid groups is 2. The van der Waals surface area contributed by atoms with Crippen LogP contribution in [0.4, 0.5) is 0 Å². The van der Waals surface area contributed by atoms with Crippen molar-refractivity contribution in [3.8, 4) is 0 Å². The van der Waals surface area contributed by atoms with E-state index in [-0.39, 0.29) is 23.9 Å². The molecule has 0 heterocycles. The normalized spacial score (nSPS) is 12.4. The van der Waals surface area contributed by atoms with Crippen molar-refractivity contribution >= 4 is 39.6 Å². The maximum atomic E-state index is 9.63. The zero-order chi connectivity index (χ0) is 7.71. The molecule has 0 aliphatic heterocycles. The van der Waals surface area contributed by atoms with Crippen molar-refractivity contribution < 1.29 is 33.0 Å². The summed E-state index contributed by atoms with van der Waals surface area (Å²) in [5.41, 5.74) is 0. The zero-order valence-electron chi connectivity index (χ0n) is 3.91. The molecule has 0 unspecified atom stereocenters. The molecule has 0 spiro atoms. The summed E-state index contributed by atoms with van der Waals surface area (Å²) in [5, 5.41) is 0. The van der Waals surface area contributed by atoms with Crippen LogP contribution in [0.3, 0.4) is 0 Å². The van der Waals surface area contributed by atoms with Gasteiger partial charge in [-0.25, -0.2) is 9.13 Å². The first kappa shape index (κ1) is 13.6. The van der Waals surface area contributed by atoms with Crippen LogP contribution in [0.2, 0.25) is 0 Å². The molecule has 0 fully saturated rings. The quantitative estimate of drug-likeness (QED) is 0.335. The fourth-order valence-electron chi connectivity index (χ4n) is 0.139. The summed E-state index contributed by atoms with van der Waals surface area (Å²) in [6.07, 6.45) is 0. The summed E-state index contributed by atoms with van der Waals surface area (Å²) in [6, 6.07) is 0. The molecule has 0 radical (unpaired) electrons. The molecule has 10 heavy (non-hydrogen) atoms. The van der Waals surface area contributed by atoms with Crippen LogP contribution in [0, 0.1) is 0 Å². The maximum absolute atomic E-state index is 9.63. The van der Waals surface area contributed by atoms with Gasteiger partial charge in [-0.05, 0) is 0 Å². The first-order valence-electron chi connectivity index (χ1n) is 1.53. The topological polar surface area (TPSA) is 124 Å². The van der Waals surface area contributed by atoms with Gasteiger partial charge in [0.1, 0.15) is 0 Å². The van der Waals surface area contributed by atoms with E-state index in [4.69, 9.17) is 19.6 Å². The number of hydrogen-bond donors (Lipinski definition) is 4. The molecule has 0 saturated carbocycles. The van der Waals surface area contributed by atoms with Crippen LogP contribution in [0.25, 0.3) is 0 Å². The Balaban J connectivity index is 0. The monoisotopic (exact) mass is 302 g/mol. The summed E-state index contributed by atoms with van der Waals surface area (Å²) in [4.78, 5) is 31.0. The van der Waals surface area contributed by atoms with Crippen molar-refractivity contribution in [1.82, 2.24) is 0 Å². The predicted octanol–water partition coefficient (Wildman–Crippen LogP) is -2.26. The first-order chi connectivity index (χ1) is 3.71. The summed E-state index contributed by atoms with van der Waals surface area (Å²) in [5.74, 6) is 0. The van der Waals surface area contributed by atoms with E-state index >= 15 is 0 Å². The molecule has 0 atom stereocenters. The standard InChI is InChI=1S/H4O7P2.Sn.4H/c1-8(2,3)7-9(4,5)6;;;;;/h(H2,1,2,3)(H2,4,5,6);;;;;. The molecule has 0 aliphatic carbocycles. The van der Waals surface area contributed by atoms with Crippen LogP contribution < -0.4 is 0 Å². The molecule has 0 bridgehead atoms. The van der Waals surface area contributed by atoms with Crippen molar-refractivity contribution in [3.05, 3.63) is 0 Å². The summed E-state index contributed by atoms with van der Waals surface area (Å²) >= 11 is 0. The average molecular weight is 301 g/mol. The van der Waals surface area contributed by atoms with Crippen molar-refractivity contribution in [2.45, 2.75) is 0 Å². The molecule has 0 aromatic carbocycles. The van der Waals surface area contributed by atoms with Crippen molar-refractivity contribution in [2.75, 3.05) is 0 Å². The van der Waals surface area contributed by atoms with Gasteiger partial charge in [0, 0.05) is 0 Å². The van der Waals surface area contributed by atoms with E-state index in [1.165, 1.54) is 0 Å².